The molecule has 0 unspecified atom stereocenters. The molecule has 2 saturated heterocycles. The number of hydrogen-bond donors (Lipinski definition) is 2. The number of nitrogens with one attached hydrogen (secondary N) is 2. The fourth-order valence-electron chi connectivity index (χ4n) is 2.68. The number of carbonyl (C=O) groups excluding carboxylic acids is 1. The molecule has 114 valence electrons. The Labute approximate surface area is 124 Å². The Morgan fingerprint density at radius 3 is 2.90 bits per heavy atom. The van der Waals surface area contributed by atoms with Gasteiger partial charge >= 0.3 is 0 Å². The van der Waals surface area contributed by atoms with Gasteiger partial charge in [0, 0.05) is 32.4 Å². The van der Waals surface area contributed by atoms with Gasteiger partial charge in [-0.15, -0.1) is 0 Å². The topological polar surface area (TPSA) is 66.5 Å². The average molecular weight is 290 g/mol. The van der Waals surface area contributed by atoms with E-state index in [1.807, 2.05) is 19.1 Å². The van der Waals surface area contributed by atoms with Crippen LogP contribution in [0.4, 0.5) is 11.5 Å². The molecule has 1 aromatic rings. The molecule has 0 atom stereocenters. The second-order valence-corrected chi connectivity index (χ2v) is 5.96. The number of pyridine rings is 1. The summed E-state index contributed by atoms with van der Waals surface area (Å²) < 4.78 is 5.66. The quantitative estimate of drug-likeness (QED) is 0.847. The van der Waals surface area contributed by atoms with Gasteiger partial charge in [-0.05, 0) is 31.9 Å². The van der Waals surface area contributed by atoms with Crippen LogP contribution in [0.15, 0.2) is 18.3 Å². The molecule has 2 aliphatic rings. The first kappa shape index (κ1) is 14.3. The van der Waals surface area contributed by atoms with Gasteiger partial charge in [0.1, 0.15) is 6.61 Å². The Kier molecular flexibility index (Phi) is 4.07. The zero-order chi connectivity index (χ0) is 14.7. The summed E-state index contributed by atoms with van der Waals surface area (Å²) in [6.45, 7) is 5.68. The number of hydrogen-bond acceptors (Lipinski definition) is 5. The van der Waals surface area contributed by atoms with Crippen LogP contribution in [0.25, 0.3) is 0 Å². The smallest absolute Gasteiger partial charge is 0.250 e. The molecule has 2 aliphatic heterocycles. The maximum atomic E-state index is 12.1. The van der Waals surface area contributed by atoms with Crippen LogP contribution in [0, 0.1) is 0 Å². The number of anilines is 2. The van der Waals surface area contributed by atoms with Gasteiger partial charge in [-0.3, -0.25) is 4.79 Å². The van der Waals surface area contributed by atoms with E-state index in [1.54, 1.807) is 6.20 Å². The molecule has 0 radical (unpaired) electrons. The molecule has 21 heavy (non-hydrogen) atoms. The third kappa shape index (κ3) is 3.33. The summed E-state index contributed by atoms with van der Waals surface area (Å²) in [6.07, 6.45) is 4.12. The minimum Gasteiger partial charge on any atom is -0.363 e. The molecule has 2 N–H and O–H groups in total. The fourth-order valence-corrected chi connectivity index (χ4v) is 2.68. The first-order valence-corrected chi connectivity index (χ1v) is 7.51. The summed E-state index contributed by atoms with van der Waals surface area (Å²) in [4.78, 5) is 18.7. The van der Waals surface area contributed by atoms with Crippen molar-refractivity contribution in [2.24, 2.45) is 0 Å². The molecule has 6 nitrogen and oxygen atoms in total. The van der Waals surface area contributed by atoms with Crippen molar-refractivity contribution < 1.29 is 9.53 Å². The van der Waals surface area contributed by atoms with E-state index in [-0.39, 0.29) is 18.1 Å². The van der Waals surface area contributed by atoms with Crippen molar-refractivity contribution >= 4 is 17.4 Å². The van der Waals surface area contributed by atoms with Crippen LogP contribution >= 0.6 is 0 Å². The van der Waals surface area contributed by atoms with Crippen molar-refractivity contribution in [1.29, 1.82) is 0 Å². The summed E-state index contributed by atoms with van der Waals surface area (Å²) in [5.41, 5.74) is 0.564. The maximum Gasteiger partial charge on any atom is 0.250 e. The second kappa shape index (κ2) is 5.99. The number of rotatable bonds is 5. The number of carbonyl (C=O) groups is 1. The van der Waals surface area contributed by atoms with Gasteiger partial charge in [0.2, 0.25) is 0 Å². The molecule has 2 fully saturated rings. The molecule has 0 spiro atoms. The standard InChI is InChI=1S/C15H22N4O2/c1-15(10-16-11-15)21-9-13(20)18-12-5-4-6-17-14(12)19-7-2-3-8-19/h4-6,16H,2-3,7-11H2,1H3,(H,18,20). The molecular weight excluding hydrogens is 268 g/mol. The van der Waals surface area contributed by atoms with Gasteiger partial charge in [-0.2, -0.15) is 0 Å². The molecule has 1 aromatic heterocycles. The first-order chi connectivity index (χ1) is 10.2. The fraction of sp³-hybridized carbons (Fsp3) is 0.600. The van der Waals surface area contributed by atoms with Crippen LogP contribution in [0.1, 0.15) is 19.8 Å². The van der Waals surface area contributed by atoms with Gasteiger partial charge in [0.25, 0.3) is 5.91 Å². The average Bonchev–Trinajstić information content (AvgIpc) is 2.98. The highest BCUT2D eigenvalue weighted by atomic mass is 16.5. The highest BCUT2D eigenvalue weighted by Crippen LogP contribution is 2.26. The largest absolute Gasteiger partial charge is 0.363 e. The van der Waals surface area contributed by atoms with E-state index in [0.717, 1.165) is 37.7 Å². The number of ether oxygens (including phenoxy) is 1. The van der Waals surface area contributed by atoms with Crippen molar-refractivity contribution in [2.75, 3.05) is 43.0 Å². The second-order valence-electron chi connectivity index (χ2n) is 5.96. The monoisotopic (exact) mass is 290 g/mol. The van der Waals surface area contributed by atoms with Gasteiger partial charge < -0.3 is 20.3 Å². The van der Waals surface area contributed by atoms with E-state index in [9.17, 15) is 4.79 Å². The third-order valence-electron chi connectivity index (χ3n) is 4.02. The van der Waals surface area contributed by atoms with Crippen molar-refractivity contribution in [2.45, 2.75) is 25.4 Å². The predicted molar refractivity (Wildman–Crippen MR) is 81.5 cm³/mol. The van der Waals surface area contributed by atoms with E-state index in [0.29, 0.717) is 0 Å². The number of aromatic nitrogens is 1. The molecule has 3 rings (SSSR count). The zero-order valence-electron chi connectivity index (χ0n) is 12.4. The first-order valence-electron chi connectivity index (χ1n) is 7.51. The lowest BCUT2D eigenvalue weighted by molar-refractivity contribution is -0.130. The minimum absolute atomic E-state index is 0.0759. The molecule has 1 amide bonds. The van der Waals surface area contributed by atoms with Crippen LogP contribution < -0.4 is 15.5 Å². The third-order valence-corrected chi connectivity index (χ3v) is 4.02. The Morgan fingerprint density at radius 1 is 1.48 bits per heavy atom. The predicted octanol–water partition coefficient (Wildman–Crippen LogP) is 0.999. The highest BCUT2D eigenvalue weighted by Gasteiger charge is 2.33. The van der Waals surface area contributed by atoms with Crippen molar-refractivity contribution in [3.8, 4) is 0 Å². The normalized spacial score (nSPS) is 20.1. The van der Waals surface area contributed by atoms with Crippen LogP contribution in [0.5, 0.6) is 0 Å². The summed E-state index contributed by atoms with van der Waals surface area (Å²) in [5, 5.41) is 6.07. The highest BCUT2D eigenvalue weighted by molar-refractivity contribution is 5.94. The molecule has 6 heteroatoms. The Bertz CT molecular complexity index is 510. The van der Waals surface area contributed by atoms with Crippen molar-refractivity contribution in [1.82, 2.24) is 10.3 Å². The molecule has 0 bridgehead atoms. The Hall–Kier alpha value is -1.66. The maximum absolute atomic E-state index is 12.1. The van der Waals surface area contributed by atoms with E-state index in [4.69, 9.17) is 4.74 Å². The van der Waals surface area contributed by atoms with Gasteiger partial charge in [0.05, 0.1) is 11.3 Å². The number of amides is 1. The lowest BCUT2D eigenvalue weighted by Crippen LogP contribution is -2.59. The summed E-state index contributed by atoms with van der Waals surface area (Å²) in [5.74, 6) is 0.733. The lowest BCUT2D eigenvalue weighted by Gasteiger charge is -2.38. The lowest BCUT2D eigenvalue weighted by atomic mass is 10.0. The minimum atomic E-state index is -0.204. The van der Waals surface area contributed by atoms with Crippen molar-refractivity contribution in [3.05, 3.63) is 18.3 Å². The van der Waals surface area contributed by atoms with Crippen LogP contribution in [-0.2, 0) is 9.53 Å². The zero-order valence-corrected chi connectivity index (χ0v) is 12.4. The molecule has 3 heterocycles. The molecule has 0 saturated carbocycles. The van der Waals surface area contributed by atoms with Crippen molar-refractivity contribution in [3.63, 3.8) is 0 Å². The summed E-state index contributed by atoms with van der Waals surface area (Å²) >= 11 is 0. The summed E-state index contributed by atoms with van der Waals surface area (Å²) in [7, 11) is 0. The summed E-state index contributed by atoms with van der Waals surface area (Å²) in [6, 6.07) is 3.73. The van der Waals surface area contributed by atoms with E-state index >= 15 is 0 Å². The van der Waals surface area contributed by atoms with Crippen LogP contribution in [-0.4, -0.2) is 49.3 Å². The number of nitrogens with zero attached hydrogens (tertiary/aromatic N) is 2. The van der Waals surface area contributed by atoms with Gasteiger partial charge in [-0.25, -0.2) is 4.98 Å². The van der Waals surface area contributed by atoms with Crippen LogP contribution in [0.2, 0.25) is 0 Å². The Balaban J connectivity index is 1.60. The van der Waals surface area contributed by atoms with Crippen LogP contribution in [0.3, 0.4) is 0 Å². The Morgan fingerprint density at radius 2 is 2.24 bits per heavy atom. The van der Waals surface area contributed by atoms with Gasteiger partial charge in [-0.1, -0.05) is 0 Å². The van der Waals surface area contributed by atoms with E-state index in [2.05, 4.69) is 20.5 Å². The molecular formula is C15H22N4O2. The SMILES string of the molecule is CC1(OCC(=O)Nc2cccnc2N2CCCC2)CNC1. The molecule has 0 aromatic carbocycles. The van der Waals surface area contributed by atoms with E-state index < -0.39 is 0 Å². The van der Waals surface area contributed by atoms with E-state index in [1.165, 1.54) is 12.8 Å². The van der Waals surface area contributed by atoms with Gasteiger partial charge in [0.15, 0.2) is 5.82 Å². The molecule has 0 aliphatic carbocycles.